The van der Waals surface area contributed by atoms with E-state index < -0.39 is 17.7 Å². The number of carbonyl (C=O) groups is 1. The Kier molecular flexibility index (Phi) is 4.02. The van der Waals surface area contributed by atoms with Gasteiger partial charge in [0.2, 0.25) is 0 Å². The lowest BCUT2D eigenvalue weighted by Crippen LogP contribution is -2.23. The monoisotopic (exact) mass is 279 g/mol. The summed E-state index contributed by atoms with van der Waals surface area (Å²) in [7, 11) is 0. The molecule has 1 amide bonds. The van der Waals surface area contributed by atoms with E-state index in [0.29, 0.717) is 0 Å². The molecule has 3 nitrogen and oxygen atoms in total. The van der Waals surface area contributed by atoms with E-state index in [1.165, 1.54) is 0 Å². The maximum absolute atomic E-state index is 13.2. The standard InChI is InChI=1S/C9H8BrF2NO2/c10-6-4-7(11)5(3-8(6)12)1-2-13-9(14)15/h3-4,13H,1-2H2,(H,14,15). The summed E-state index contributed by atoms with van der Waals surface area (Å²) in [6.07, 6.45) is -1.07. The van der Waals surface area contributed by atoms with Gasteiger partial charge in [-0.2, -0.15) is 0 Å². The molecular weight excluding hydrogens is 272 g/mol. The summed E-state index contributed by atoms with van der Waals surface area (Å²) in [4.78, 5) is 10.1. The molecule has 0 aliphatic carbocycles. The van der Waals surface area contributed by atoms with Gasteiger partial charge in [-0.15, -0.1) is 0 Å². The maximum atomic E-state index is 13.2. The molecule has 15 heavy (non-hydrogen) atoms. The van der Waals surface area contributed by atoms with Crippen LogP contribution < -0.4 is 5.32 Å². The zero-order valence-electron chi connectivity index (χ0n) is 7.56. The third kappa shape index (κ3) is 3.47. The fraction of sp³-hybridized carbons (Fsp3) is 0.222. The van der Waals surface area contributed by atoms with Crippen LogP contribution in [0.15, 0.2) is 16.6 Å². The average Bonchev–Trinajstić information content (AvgIpc) is 2.13. The molecule has 0 radical (unpaired) electrons. The van der Waals surface area contributed by atoms with Crippen LogP contribution in [0, 0.1) is 11.6 Å². The Morgan fingerprint density at radius 2 is 2.07 bits per heavy atom. The normalized spacial score (nSPS) is 10.1. The Morgan fingerprint density at radius 1 is 1.40 bits per heavy atom. The number of carboxylic acid groups (broad SMARTS) is 1. The van der Waals surface area contributed by atoms with Gasteiger partial charge >= 0.3 is 6.09 Å². The Balaban J connectivity index is 2.69. The van der Waals surface area contributed by atoms with Crippen LogP contribution in [-0.2, 0) is 6.42 Å². The van der Waals surface area contributed by atoms with Crippen molar-refractivity contribution in [2.45, 2.75) is 6.42 Å². The minimum Gasteiger partial charge on any atom is -0.465 e. The highest BCUT2D eigenvalue weighted by Gasteiger charge is 2.08. The minimum absolute atomic E-state index is 0.0489. The zero-order valence-corrected chi connectivity index (χ0v) is 9.14. The molecule has 0 heterocycles. The van der Waals surface area contributed by atoms with E-state index in [4.69, 9.17) is 5.11 Å². The van der Waals surface area contributed by atoms with E-state index in [0.717, 1.165) is 12.1 Å². The van der Waals surface area contributed by atoms with Crippen molar-refractivity contribution in [3.05, 3.63) is 33.8 Å². The lowest BCUT2D eigenvalue weighted by atomic mass is 10.1. The van der Waals surface area contributed by atoms with Crippen molar-refractivity contribution < 1.29 is 18.7 Å². The number of hydrogen-bond donors (Lipinski definition) is 2. The molecule has 0 atom stereocenters. The maximum Gasteiger partial charge on any atom is 0.404 e. The van der Waals surface area contributed by atoms with E-state index in [-0.39, 0.29) is 23.0 Å². The largest absolute Gasteiger partial charge is 0.465 e. The first-order valence-electron chi connectivity index (χ1n) is 4.11. The van der Waals surface area contributed by atoms with Crippen molar-refractivity contribution >= 4 is 22.0 Å². The highest BCUT2D eigenvalue weighted by atomic mass is 79.9. The number of amides is 1. The fourth-order valence-corrected chi connectivity index (χ4v) is 1.37. The van der Waals surface area contributed by atoms with Gasteiger partial charge in [-0.25, -0.2) is 13.6 Å². The molecule has 0 saturated heterocycles. The van der Waals surface area contributed by atoms with Gasteiger partial charge in [0.05, 0.1) is 4.47 Å². The smallest absolute Gasteiger partial charge is 0.404 e. The summed E-state index contributed by atoms with van der Waals surface area (Å²) >= 11 is 2.85. The molecule has 0 unspecified atom stereocenters. The second-order valence-electron chi connectivity index (χ2n) is 2.84. The van der Waals surface area contributed by atoms with E-state index in [1.807, 2.05) is 0 Å². The van der Waals surface area contributed by atoms with Crippen LogP contribution in [-0.4, -0.2) is 17.7 Å². The summed E-state index contributed by atoms with van der Waals surface area (Å²) in [6.45, 7) is 0.0489. The van der Waals surface area contributed by atoms with Crippen molar-refractivity contribution in [2.24, 2.45) is 0 Å². The molecule has 1 aromatic carbocycles. The Bertz CT molecular complexity index is 385. The highest BCUT2D eigenvalue weighted by Crippen LogP contribution is 2.19. The molecular formula is C9H8BrF2NO2. The number of benzene rings is 1. The molecule has 2 N–H and O–H groups in total. The second kappa shape index (κ2) is 5.06. The lowest BCUT2D eigenvalue weighted by molar-refractivity contribution is 0.194. The predicted octanol–water partition coefficient (Wildman–Crippen LogP) is 2.54. The SMILES string of the molecule is O=C(O)NCCc1cc(F)c(Br)cc1F. The molecule has 0 fully saturated rings. The van der Waals surface area contributed by atoms with Crippen molar-refractivity contribution in [3.8, 4) is 0 Å². The fourth-order valence-electron chi connectivity index (χ4n) is 1.06. The first-order valence-corrected chi connectivity index (χ1v) is 4.90. The summed E-state index contributed by atoms with van der Waals surface area (Å²) < 4.78 is 26.2. The van der Waals surface area contributed by atoms with Crippen LogP contribution in [0.5, 0.6) is 0 Å². The average molecular weight is 280 g/mol. The van der Waals surface area contributed by atoms with Crippen LogP contribution in [0.25, 0.3) is 0 Å². The van der Waals surface area contributed by atoms with E-state index in [9.17, 15) is 13.6 Å². The molecule has 0 spiro atoms. The van der Waals surface area contributed by atoms with Crippen LogP contribution in [0.3, 0.4) is 0 Å². The molecule has 0 aliphatic rings. The molecule has 0 bridgehead atoms. The van der Waals surface area contributed by atoms with E-state index in [1.54, 1.807) is 0 Å². The van der Waals surface area contributed by atoms with Crippen LogP contribution in [0.1, 0.15) is 5.56 Å². The highest BCUT2D eigenvalue weighted by molar-refractivity contribution is 9.10. The zero-order chi connectivity index (χ0) is 11.4. The first kappa shape index (κ1) is 11.9. The molecule has 1 aromatic rings. The molecule has 1 rings (SSSR count). The Hall–Kier alpha value is -1.17. The van der Waals surface area contributed by atoms with Gasteiger partial charge in [-0.05, 0) is 40.0 Å². The summed E-state index contributed by atoms with van der Waals surface area (Å²) in [5.74, 6) is -1.13. The van der Waals surface area contributed by atoms with Crippen molar-refractivity contribution in [2.75, 3.05) is 6.54 Å². The topological polar surface area (TPSA) is 49.3 Å². The van der Waals surface area contributed by atoms with Gasteiger partial charge < -0.3 is 10.4 Å². The minimum atomic E-state index is -1.19. The number of hydrogen-bond acceptors (Lipinski definition) is 1. The van der Waals surface area contributed by atoms with Gasteiger partial charge in [0.1, 0.15) is 11.6 Å². The lowest BCUT2D eigenvalue weighted by Gasteiger charge is -2.04. The molecule has 0 aromatic heterocycles. The first-order chi connectivity index (χ1) is 7.00. The van der Waals surface area contributed by atoms with Gasteiger partial charge in [-0.1, -0.05) is 0 Å². The number of nitrogens with one attached hydrogen (secondary N) is 1. The van der Waals surface area contributed by atoms with Crippen LogP contribution in [0.2, 0.25) is 0 Å². The summed E-state index contributed by atoms with van der Waals surface area (Å²) in [6, 6.07) is 2.06. The van der Waals surface area contributed by atoms with Crippen LogP contribution >= 0.6 is 15.9 Å². The summed E-state index contributed by atoms with van der Waals surface area (Å²) in [5, 5.41) is 10.3. The Morgan fingerprint density at radius 3 is 2.67 bits per heavy atom. The molecule has 0 aliphatic heterocycles. The van der Waals surface area contributed by atoms with E-state index in [2.05, 4.69) is 21.2 Å². The van der Waals surface area contributed by atoms with Gasteiger partial charge in [0.25, 0.3) is 0 Å². The number of halogens is 3. The third-order valence-corrected chi connectivity index (χ3v) is 2.37. The van der Waals surface area contributed by atoms with Crippen LogP contribution in [0.4, 0.5) is 13.6 Å². The van der Waals surface area contributed by atoms with Gasteiger partial charge in [-0.3, -0.25) is 0 Å². The van der Waals surface area contributed by atoms with E-state index >= 15 is 0 Å². The molecule has 6 heteroatoms. The molecule has 0 saturated carbocycles. The number of rotatable bonds is 3. The van der Waals surface area contributed by atoms with Crippen molar-refractivity contribution in [3.63, 3.8) is 0 Å². The van der Waals surface area contributed by atoms with Gasteiger partial charge in [0, 0.05) is 6.54 Å². The van der Waals surface area contributed by atoms with Crippen molar-refractivity contribution in [1.29, 1.82) is 0 Å². The Labute approximate surface area is 93.2 Å². The predicted molar refractivity (Wildman–Crippen MR) is 53.8 cm³/mol. The molecule has 82 valence electrons. The van der Waals surface area contributed by atoms with Crippen molar-refractivity contribution in [1.82, 2.24) is 5.32 Å². The third-order valence-electron chi connectivity index (χ3n) is 1.76. The second-order valence-corrected chi connectivity index (χ2v) is 3.69. The summed E-state index contributed by atoms with van der Waals surface area (Å²) in [5.41, 5.74) is 0.143. The van der Waals surface area contributed by atoms with Gasteiger partial charge in [0.15, 0.2) is 0 Å². The quantitative estimate of drug-likeness (QED) is 0.836.